The number of nitrogens with zero attached hydrogens (tertiary/aromatic N) is 3. The number of rotatable bonds is 1. The Morgan fingerprint density at radius 1 is 1.08 bits per heavy atom. The van der Waals surface area contributed by atoms with E-state index < -0.39 is 0 Å². The molecule has 118 valence electrons. The first-order valence-corrected chi connectivity index (χ1v) is 9.40. The Morgan fingerprint density at radius 3 is 2.75 bits per heavy atom. The van der Waals surface area contributed by atoms with Gasteiger partial charge in [-0.15, -0.1) is 0 Å². The van der Waals surface area contributed by atoms with Gasteiger partial charge in [-0.25, -0.2) is 9.38 Å². The Balaban J connectivity index is 1.85. The fourth-order valence-electron chi connectivity index (χ4n) is 3.16. The highest BCUT2D eigenvalue weighted by atomic mass is 32.2. The second-order valence-electron chi connectivity index (χ2n) is 5.57. The van der Waals surface area contributed by atoms with Crippen molar-refractivity contribution in [3.63, 3.8) is 0 Å². The van der Waals surface area contributed by atoms with E-state index in [1.54, 1.807) is 16.2 Å². The summed E-state index contributed by atoms with van der Waals surface area (Å²) in [7, 11) is 0. The molecule has 0 fully saturated rings. The van der Waals surface area contributed by atoms with Gasteiger partial charge in [0.2, 0.25) is 0 Å². The zero-order valence-corrected chi connectivity index (χ0v) is 14.5. The van der Waals surface area contributed by atoms with Crippen molar-refractivity contribution >= 4 is 49.8 Å². The summed E-state index contributed by atoms with van der Waals surface area (Å²) < 4.78 is 2.51. The van der Waals surface area contributed by atoms with Crippen LogP contribution in [0, 0.1) is 0 Å². The van der Waals surface area contributed by atoms with Crippen molar-refractivity contribution in [2.24, 2.45) is 0 Å². The number of thiazole rings is 1. The molecular weight excluding hydrogens is 338 g/mol. The number of fused-ring (bicyclic) bond motifs is 4. The zero-order chi connectivity index (χ0) is 16.3. The first kappa shape index (κ1) is 14.1. The Hall–Kier alpha value is -2.31. The van der Waals surface area contributed by atoms with Crippen LogP contribution < -0.4 is 15.0 Å². The third-order valence-electron chi connectivity index (χ3n) is 4.24. The predicted molar refractivity (Wildman–Crippen MR) is 101 cm³/mol. The lowest BCUT2D eigenvalue weighted by Gasteiger charge is -2.16. The van der Waals surface area contributed by atoms with E-state index in [0.717, 1.165) is 32.1 Å². The van der Waals surface area contributed by atoms with Crippen LogP contribution in [0.1, 0.15) is 6.92 Å². The Morgan fingerprint density at radius 2 is 1.88 bits per heavy atom. The van der Waals surface area contributed by atoms with Gasteiger partial charge in [0.25, 0.3) is 5.56 Å². The molecule has 0 amide bonds. The van der Waals surface area contributed by atoms with Crippen LogP contribution in [0.15, 0.2) is 58.2 Å². The summed E-state index contributed by atoms with van der Waals surface area (Å²) >= 11 is 3.15. The maximum absolute atomic E-state index is 13.1. The van der Waals surface area contributed by atoms with E-state index in [0.29, 0.717) is 0 Å². The Labute approximate surface area is 146 Å². The predicted octanol–water partition coefficient (Wildman–Crippen LogP) is 3.33. The summed E-state index contributed by atoms with van der Waals surface area (Å²) in [5.41, 5.74) is 2.95. The topological polar surface area (TPSA) is 37.6 Å². The summed E-state index contributed by atoms with van der Waals surface area (Å²) in [6, 6.07) is 16.1. The van der Waals surface area contributed by atoms with E-state index in [1.165, 1.54) is 21.9 Å². The van der Waals surface area contributed by atoms with Crippen molar-refractivity contribution in [1.82, 2.24) is 9.38 Å². The van der Waals surface area contributed by atoms with Crippen molar-refractivity contribution in [3.05, 3.63) is 63.4 Å². The molecule has 4 nitrogen and oxygen atoms in total. The van der Waals surface area contributed by atoms with Gasteiger partial charge < -0.3 is 4.90 Å². The van der Waals surface area contributed by atoms with E-state index >= 15 is 0 Å². The van der Waals surface area contributed by atoms with Crippen molar-refractivity contribution < 1.29 is 0 Å². The molecule has 0 unspecified atom stereocenters. The van der Waals surface area contributed by atoms with Crippen LogP contribution in [0.2, 0.25) is 0 Å². The number of anilines is 1. The van der Waals surface area contributed by atoms with E-state index in [2.05, 4.69) is 28.9 Å². The van der Waals surface area contributed by atoms with Gasteiger partial charge in [0.1, 0.15) is 9.56 Å². The maximum Gasteiger partial charge on any atom is 0.277 e. The van der Waals surface area contributed by atoms with Crippen LogP contribution in [0.4, 0.5) is 5.69 Å². The fraction of sp³-hybridized carbons (Fsp3) is 0.111. The minimum absolute atomic E-state index is 0.0254. The molecule has 6 heteroatoms. The summed E-state index contributed by atoms with van der Waals surface area (Å²) in [4.78, 5) is 21.9. The molecule has 0 saturated carbocycles. The Bertz CT molecular complexity index is 1210. The molecule has 0 saturated heterocycles. The van der Waals surface area contributed by atoms with Crippen LogP contribution in [0.5, 0.6) is 0 Å². The zero-order valence-electron chi connectivity index (χ0n) is 12.9. The quantitative estimate of drug-likeness (QED) is 0.527. The van der Waals surface area contributed by atoms with Crippen molar-refractivity contribution in [2.45, 2.75) is 11.8 Å². The molecule has 3 heterocycles. The maximum atomic E-state index is 13.1. The summed E-state index contributed by atoms with van der Waals surface area (Å²) in [6.45, 7) is 2.95. The average molecular weight is 351 g/mol. The van der Waals surface area contributed by atoms with Gasteiger partial charge in [-0.3, -0.25) is 4.79 Å². The molecule has 0 spiro atoms. The molecular formula is C18H13N3OS2. The fourth-order valence-corrected chi connectivity index (χ4v) is 5.54. The van der Waals surface area contributed by atoms with Crippen LogP contribution in [0.3, 0.4) is 0 Å². The van der Waals surface area contributed by atoms with Gasteiger partial charge >= 0.3 is 0 Å². The molecule has 2 aromatic heterocycles. The second-order valence-corrected chi connectivity index (χ2v) is 7.58. The van der Waals surface area contributed by atoms with Crippen LogP contribution in [-0.4, -0.2) is 15.9 Å². The van der Waals surface area contributed by atoms with E-state index in [9.17, 15) is 4.79 Å². The molecule has 1 aliphatic heterocycles. The van der Waals surface area contributed by atoms with Gasteiger partial charge in [0.05, 0.1) is 16.7 Å². The van der Waals surface area contributed by atoms with Crippen molar-refractivity contribution in [1.29, 1.82) is 0 Å². The number of para-hydroxylation sites is 3. The van der Waals surface area contributed by atoms with Crippen LogP contribution >= 0.6 is 23.1 Å². The number of hydrogen-bond donors (Lipinski definition) is 0. The lowest BCUT2D eigenvalue weighted by Crippen LogP contribution is -2.30. The molecule has 1 aliphatic rings. The normalized spacial score (nSPS) is 16.3. The monoisotopic (exact) mass is 351 g/mol. The molecule has 0 N–H and O–H groups in total. The Kier molecular flexibility index (Phi) is 2.98. The first-order valence-electron chi connectivity index (χ1n) is 7.76. The van der Waals surface area contributed by atoms with Crippen molar-refractivity contribution in [3.8, 4) is 0 Å². The molecule has 0 radical (unpaired) electrons. The number of imidazole rings is 1. The average Bonchev–Trinajstić information content (AvgIpc) is 3.24. The molecule has 4 aromatic rings. The second kappa shape index (κ2) is 5.09. The molecule has 24 heavy (non-hydrogen) atoms. The van der Waals surface area contributed by atoms with Crippen molar-refractivity contribution in [2.75, 3.05) is 11.4 Å². The first-order chi connectivity index (χ1) is 11.8. The van der Waals surface area contributed by atoms with Gasteiger partial charge in [0, 0.05) is 11.4 Å². The smallest absolute Gasteiger partial charge is 0.277 e. The summed E-state index contributed by atoms with van der Waals surface area (Å²) in [6.07, 6.45) is 0. The number of hydrogen-bond acceptors (Lipinski definition) is 5. The molecule has 0 bridgehead atoms. The molecule has 2 aromatic carbocycles. The van der Waals surface area contributed by atoms with Gasteiger partial charge in [-0.1, -0.05) is 47.4 Å². The third kappa shape index (κ3) is 1.81. The number of thioether (sulfide) groups is 1. The SMILES string of the molecule is CCN1/C(=c2\sc3nc4ccccc4n3c2=O)Sc2ccccc21. The molecule has 0 atom stereocenters. The minimum atomic E-state index is 0.0254. The summed E-state index contributed by atoms with van der Waals surface area (Å²) in [5.74, 6) is 0. The highest BCUT2D eigenvalue weighted by molar-refractivity contribution is 8.08. The standard InChI is InChI=1S/C18H13N3OS2/c1-2-20-13-9-5-6-10-14(13)23-17(20)15-16(22)21-12-8-4-3-7-11(12)19-18(21)24-15/h3-10H,2H2,1H3/b17-15+. The minimum Gasteiger partial charge on any atom is -0.334 e. The highest BCUT2D eigenvalue weighted by Gasteiger charge is 2.26. The number of benzene rings is 2. The molecule has 0 aliphatic carbocycles. The van der Waals surface area contributed by atoms with Crippen LogP contribution in [0.25, 0.3) is 21.0 Å². The summed E-state index contributed by atoms with van der Waals surface area (Å²) in [5, 5.41) is 1.02. The van der Waals surface area contributed by atoms with E-state index in [4.69, 9.17) is 0 Å². The lowest BCUT2D eigenvalue weighted by atomic mass is 10.3. The highest BCUT2D eigenvalue weighted by Crippen LogP contribution is 2.45. The van der Waals surface area contributed by atoms with Crippen LogP contribution in [-0.2, 0) is 0 Å². The number of aromatic nitrogens is 2. The lowest BCUT2D eigenvalue weighted by molar-refractivity contribution is 1.04. The van der Waals surface area contributed by atoms with Gasteiger partial charge in [-0.05, 0) is 31.2 Å². The third-order valence-corrected chi connectivity index (χ3v) is 6.58. The van der Waals surface area contributed by atoms with Gasteiger partial charge in [-0.2, -0.15) is 0 Å². The molecule has 5 rings (SSSR count). The largest absolute Gasteiger partial charge is 0.334 e. The van der Waals surface area contributed by atoms with E-state index in [-0.39, 0.29) is 5.56 Å². The van der Waals surface area contributed by atoms with Gasteiger partial charge in [0.15, 0.2) is 4.96 Å². The van der Waals surface area contributed by atoms with E-state index in [1.807, 2.05) is 36.4 Å².